The Morgan fingerprint density at radius 3 is 1.28 bits per heavy atom. The molecule has 0 aromatic heterocycles. The number of aliphatic hydroxyl groups is 2. The zero-order valence-corrected chi connectivity index (χ0v) is 38.8. The summed E-state index contributed by atoms with van der Waals surface area (Å²) in [5, 5.41) is 23.0. The molecule has 0 spiro atoms. The highest BCUT2D eigenvalue weighted by Crippen LogP contribution is 2.16. The van der Waals surface area contributed by atoms with Crippen LogP contribution in [0.15, 0.2) is 24.3 Å². The van der Waals surface area contributed by atoms with E-state index in [9.17, 15) is 19.8 Å². The second kappa shape index (κ2) is 48.0. The first kappa shape index (κ1) is 56.3. The molecule has 2 unspecified atom stereocenters. The molecule has 6 heteroatoms. The van der Waals surface area contributed by atoms with Crippen molar-refractivity contribution in [3.05, 3.63) is 24.3 Å². The van der Waals surface area contributed by atoms with Gasteiger partial charge in [-0.2, -0.15) is 0 Å². The first-order valence-corrected chi connectivity index (χ1v) is 25.6. The summed E-state index contributed by atoms with van der Waals surface area (Å²) in [6, 6.07) is -0.546. The van der Waals surface area contributed by atoms with Gasteiger partial charge in [0, 0.05) is 12.8 Å². The Morgan fingerprint density at radius 1 is 0.483 bits per heavy atom. The molecule has 2 atom stereocenters. The van der Waals surface area contributed by atoms with Crippen LogP contribution < -0.4 is 5.32 Å². The van der Waals surface area contributed by atoms with Crippen LogP contribution in [-0.2, 0) is 14.3 Å². The molecule has 0 aromatic rings. The van der Waals surface area contributed by atoms with Gasteiger partial charge in [-0.05, 0) is 57.8 Å². The van der Waals surface area contributed by atoms with E-state index < -0.39 is 12.1 Å². The van der Waals surface area contributed by atoms with Crippen molar-refractivity contribution < 1.29 is 24.5 Å². The fraction of sp³-hybridized carbons (Fsp3) is 0.885. The predicted molar refractivity (Wildman–Crippen MR) is 250 cm³/mol. The molecule has 0 aliphatic rings. The monoisotopic (exact) mass is 818 g/mol. The number of unbranched alkanes of at least 4 members (excludes halogenated alkanes) is 33. The van der Waals surface area contributed by atoms with Gasteiger partial charge in [-0.3, -0.25) is 9.59 Å². The zero-order valence-electron chi connectivity index (χ0n) is 38.8. The third-order valence-electron chi connectivity index (χ3n) is 11.8. The number of allylic oxidation sites excluding steroid dienone is 4. The van der Waals surface area contributed by atoms with E-state index in [4.69, 9.17) is 4.74 Å². The van der Waals surface area contributed by atoms with E-state index in [0.717, 1.165) is 70.6 Å². The Bertz CT molecular complexity index is 904. The topological polar surface area (TPSA) is 95.9 Å². The summed E-state index contributed by atoms with van der Waals surface area (Å²) in [5.74, 6) is -0.0599. The molecule has 58 heavy (non-hydrogen) atoms. The molecular weight excluding hydrogens is 719 g/mol. The second-order valence-corrected chi connectivity index (χ2v) is 17.5. The first-order valence-electron chi connectivity index (χ1n) is 25.6. The summed E-state index contributed by atoms with van der Waals surface area (Å²) in [5.41, 5.74) is 0. The van der Waals surface area contributed by atoms with Crippen LogP contribution in [0, 0.1) is 0 Å². The van der Waals surface area contributed by atoms with E-state index in [1.54, 1.807) is 0 Å². The van der Waals surface area contributed by atoms with Crippen LogP contribution >= 0.6 is 0 Å². The summed E-state index contributed by atoms with van der Waals surface area (Å²) >= 11 is 0. The highest BCUT2D eigenvalue weighted by atomic mass is 16.5. The summed E-state index contributed by atoms with van der Waals surface area (Å²) in [6.07, 6.45) is 55.9. The summed E-state index contributed by atoms with van der Waals surface area (Å²) < 4.78 is 5.44. The van der Waals surface area contributed by atoms with Crippen LogP contribution in [0.25, 0.3) is 0 Å². The van der Waals surface area contributed by atoms with Gasteiger partial charge < -0.3 is 20.3 Å². The fourth-order valence-electron chi connectivity index (χ4n) is 7.81. The number of carbonyl (C=O) groups excluding carboxylic acids is 2. The Balaban J connectivity index is 3.46. The minimum absolute atomic E-state index is 0.0123. The lowest BCUT2D eigenvalue weighted by atomic mass is 10.0. The van der Waals surface area contributed by atoms with Gasteiger partial charge in [-0.1, -0.05) is 224 Å². The number of hydrogen-bond donors (Lipinski definition) is 3. The summed E-state index contributed by atoms with van der Waals surface area (Å²) in [6.45, 7) is 4.89. The van der Waals surface area contributed by atoms with E-state index in [2.05, 4.69) is 43.5 Å². The van der Waals surface area contributed by atoms with E-state index in [1.165, 1.54) is 167 Å². The Hall–Kier alpha value is -1.66. The van der Waals surface area contributed by atoms with Crippen molar-refractivity contribution >= 4 is 11.9 Å². The molecule has 0 bridgehead atoms. The summed E-state index contributed by atoms with van der Waals surface area (Å²) in [4.78, 5) is 24.4. The molecule has 6 nitrogen and oxygen atoms in total. The highest BCUT2D eigenvalue weighted by molar-refractivity contribution is 5.76. The quantitative estimate of drug-likeness (QED) is 0.0323. The smallest absolute Gasteiger partial charge is 0.305 e. The molecule has 0 fully saturated rings. The van der Waals surface area contributed by atoms with Crippen LogP contribution in [-0.4, -0.2) is 47.4 Å². The van der Waals surface area contributed by atoms with E-state index >= 15 is 0 Å². The molecule has 1 amide bonds. The average Bonchev–Trinajstić information content (AvgIpc) is 3.22. The highest BCUT2D eigenvalue weighted by Gasteiger charge is 2.20. The van der Waals surface area contributed by atoms with Crippen molar-refractivity contribution in [2.24, 2.45) is 0 Å². The van der Waals surface area contributed by atoms with E-state index in [0.29, 0.717) is 25.9 Å². The number of nitrogens with one attached hydrogen (secondary N) is 1. The van der Waals surface area contributed by atoms with Gasteiger partial charge in [-0.25, -0.2) is 0 Å². The van der Waals surface area contributed by atoms with Gasteiger partial charge in [0.25, 0.3) is 0 Å². The van der Waals surface area contributed by atoms with Gasteiger partial charge in [-0.15, -0.1) is 0 Å². The Kier molecular flexibility index (Phi) is 46.6. The number of esters is 1. The van der Waals surface area contributed by atoms with Crippen LogP contribution in [0.1, 0.15) is 271 Å². The van der Waals surface area contributed by atoms with E-state index in [-0.39, 0.29) is 18.5 Å². The predicted octanol–water partition coefficient (Wildman–Crippen LogP) is 15.1. The molecule has 3 N–H and O–H groups in total. The van der Waals surface area contributed by atoms with Crippen molar-refractivity contribution in [1.82, 2.24) is 5.32 Å². The van der Waals surface area contributed by atoms with Crippen LogP contribution in [0.3, 0.4) is 0 Å². The molecule has 0 aliphatic carbocycles. The Labute approximate surface area is 361 Å². The molecule has 0 saturated heterocycles. The largest absolute Gasteiger partial charge is 0.466 e. The maximum atomic E-state index is 12.4. The van der Waals surface area contributed by atoms with Crippen LogP contribution in [0.2, 0.25) is 0 Å². The van der Waals surface area contributed by atoms with Gasteiger partial charge in [0.05, 0.1) is 25.4 Å². The number of hydrogen-bond acceptors (Lipinski definition) is 5. The van der Waals surface area contributed by atoms with Gasteiger partial charge in [0.15, 0.2) is 0 Å². The van der Waals surface area contributed by atoms with Crippen molar-refractivity contribution in [1.29, 1.82) is 0 Å². The zero-order chi connectivity index (χ0) is 42.3. The van der Waals surface area contributed by atoms with Crippen LogP contribution in [0.5, 0.6) is 0 Å². The number of rotatable bonds is 47. The SMILES string of the molecule is CCCCCCCCCCCCCCCC(=O)OCCCCC/C=C\C=C/CCCCCCCCCCCCC(=O)NC(CO)C(O)CCCCCCCCCCC. The average molecular weight is 818 g/mol. The lowest BCUT2D eigenvalue weighted by Gasteiger charge is -2.22. The van der Waals surface area contributed by atoms with E-state index in [1.807, 2.05) is 0 Å². The number of carbonyl (C=O) groups is 2. The van der Waals surface area contributed by atoms with Crippen molar-refractivity contribution in [2.45, 2.75) is 283 Å². The van der Waals surface area contributed by atoms with Gasteiger partial charge in [0.1, 0.15) is 0 Å². The lowest BCUT2D eigenvalue weighted by molar-refractivity contribution is -0.143. The Morgan fingerprint density at radius 2 is 0.845 bits per heavy atom. The number of ether oxygens (including phenoxy) is 1. The molecule has 0 rings (SSSR count). The number of amides is 1. The third-order valence-corrected chi connectivity index (χ3v) is 11.8. The molecule has 0 aliphatic heterocycles. The first-order chi connectivity index (χ1) is 28.5. The van der Waals surface area contributed by atoms with Crippen molar-refractivity contribution in [3.8, 4) is 0 Å². The lowest BCUT2D eigenvalue weighted by Crippen LogP contribution is -2.45. The normalized spacial score (nSPS) is 12.8. The standard InChI is InChI=1S/C52H99NO5/c1-3-5-7-9-11-13-14-22-26-30-34-38-42-46-52(57)58-47-43-39-35-31-27-24-21-19-17-15-16-18-20-23-25-29-33-37-41-45-51(56)53-49(48-54)50(55)44-40-36-32-28-12-10-8-6-4-2/h19,21,24,27,49-50,54-55H,3-18,20,22-23,25-26,28-48H2,1-2H3,(H,53,56)/b21-19-,27-24-. The van der Waals surface area contributed by atoms with Crippen molar-refractivity contribution in [3.63, 3.8) is 0 Å². The minimum atomic E-state index is -0.668. The van der Waals surface area contributed by atoms with Crippen LogP contribution in [0.4, 0.5) is 0 Å². The second-order valence-electron chi connectivity index (χ2n) is 17.5. The molecule has 342 valence electrons. The molecular formula is C52H99NO5. The van der Waals surface area contributed by atoms with Crippen molar-refractivity contribution in [2.75, 3.05) is 13.2 Å². The molecule has 0 saturated carbocycles. The third kappa shape index (κ3) is 43.9. The maximum Gasteiger partial charge on any atom is 0.305 e. The fourth-order valence-corrected chi connectivity index (χ4v) is 7.81. The van der Waals surface area contributed by atoms with Gasteiger partial charge in [0.2, 0.25) is 5.91 Å². The van der Waals surface area contributed by atoms with Gasteiger partial charge >= 0.3 is 5.97 Å². The minimum Gasteiger partial charge on any atom is -0.466 e. The molecule has 0 heterocycles. The number of aliphatic hydroxyl groups excluding tert-OH is 2. The molecule has 0 radical (unpaired) electrons. The summed E-state index contributed by atoms with van der Waals surface area (Å²) in [7, 11) is 0. The molecule has 0 aromatic carbocycles. The maximum absolute atomic E-state index is 12.4.